The molecule has 133 heavy (non-hydrogen) atoms. The van der Waals surface area contributed by atoms with Gasteiger partial charge in [-0.3, -0.25) is 33.6 Å². The molecule has 0 aromatic heterocycles. The summed E-state index contributed by atoms with van der Waals surface area (Å²) < 4.78 is 110. The number of nitrogens with zero attached hydrogens (tertiary/aromatic N) is 1. The van der Waals surface area contributed by atoms with Crippen LogP contribution in [0.2, 0.25) is 5.82 Å². The van der Waals surface area contributed by atoms with Crippen LogP contribution in [0.4, 0.5) is 69.2 Å². The Morgan fingerprint density at radius 1 is 0.459 bits per heavy atom. The van der Waals surface area contributed by atoms with E-state index in [2.05, 4.69) is 92.9 Å². The number of nitrogens with one attached hydrogen (secondary N) is 4. The van der Waals surface area contributed by atoms with Crippen molar-refractivity contribution in [1.29, 1.82) is 0 Å². The largest absolute Gasteiger partial charge is 0.480 e. The number of rotatable bonds is 13. The van der Waals surface area contributed by atoms with Crippen molar-refractivity contribution in [2.75, 3.05) is 33.2 Å². The average Bonchev–Trinajstić information content (AvgIpc) is 1.72. The van der Waals surface area contributed by atoms with Gasteiger partial charge in [0.05, 0.1) is 22.3 Å². The number of amides is 1. The first-order valence-corrected chi connectivity index (χ1v) is 46.9. The number of hydrazone groups is 1. The molecular formula is C100H119BBr3F8N9O11S. The summed E-state index contributed by atoms with van der Waals surface area (Å²) in [5, 5.41) is 38.7. The quantitative estimate of drug-likeness (QED) is 0.00971. The van der Waals surface area contributed by atoms with Gasteiger partial charge in [0.25, 0.3) is 0 Å². The van der Waals surface area contributed by atoms with Gasteiger partial charge in [-0.05, 0) is 390 Å². The van der Waals surface area contributed by atoms with E-state index in [0.717, 1.165) is 167 Å². The normalized spacial score (nSPS) is 17.0. The third-order valence-corrected chi connectivity index (χ3v) is 25.4. The van der Waals surface area contributed by atoms with Gasteiger partial charge < -0.3 is 58.8 Å². The Hall–Kier alpha value is -9.77. The van der Waals surface area contributed by atoms with E-state index in [0.29, 0.717) is 86.0 Å². The van der Waals surface area contributed by atoms with Crippen LogP contribution in [0.5, 0.6) is 0 Å². The standard InChI is InChI=1S/C16H20FN3O.C14H16FNO.C14H16FNS.C12H13FO.C9H9BrFN.C9H8BrFO.C9H10FN.C6H5BrFN.C4H9NO2.C4H6O3.C3H7BO2/c1-9(21)19-20-15-8-13-12(10-4-5-10)6-11(17)7-14(13)18-16(15,2)3;2*1-14(2)13(17)7-11-10(8-3-4-8)5-9(15)6-12(11)16-14;1-8(14)6-10-4-5-11(13)7-12(10)9-2-3-9;10-8-4-6(11)3-7(9(8)12)5-1-2-5;1-6(12)4-7-2-3-8(11)5-9(7)10;10-7-3-4-9(11)8(5-7)6-1-2-6;7-5-3-4(8)1-2-6(5)9;1-4(2,5)3(6)7;1-3(5)7-4(2)6;5-4(6)3-1-2-3/h6-7,10,18H,4-5,8H2,1-3H3,(H,19,21);2*5-6,8,16H,3-4,7H2,1-2H3;4-5,7,9H,2-3,6H2,1H3;3-5H,1-2,12H2;2-3,5H,4H2,1H3;3-6H,1-2,11H2;1-3H,9H2;5H2,1-2H3,(H,6,7);1-2H3;3,5-6H,1-2H2/b20-15+;;;;;;;;;;. The van der Waals surface area contributed by atoms with Crippen molar-refractivity contribution in [3.05, 3.63) is 242 Å². The molecule has 7 saturated carbocycles. The molecule has 0 saturated heterocycles. The fourth-order valence-corrected chi connectivity index (χ4v) is 15.8. The van der Waals surface area contributed by atoms with Crippen molar-refractivity contribution in [3.8, 4) is 0 Å². The molecule has 8 aromatic rings. The summed E-state index contributed by atoms with van der Waals surface area (Å²) >= 11 is 15.0. The molecule has 3 heterocycles. The van der Waals surface area contributed by atoms with Gasteiger partial charge in [-0.1, -0.05) is 53.1 Å². The number of carbonyl (C=O) groups excluding carboxylic acids is 6. The summed E-state index contributed by atoms with van der Waals surface area (Å²) in [6.07, 6.45) is 18.4. The molecule has 1 amide bonds. The zero-order valence-corrected chi connectivity index (χ0v) is 82.6. The molecule has 15 N–H and O–H groups in total. The van der Waals surface area contributed by atoms with Crippen molar-refractivity contribution in [2.45, 2.75) is 275 Å². The van der Waals surface area contributed by atoms with Crippen LogP contribution in [0.25, 0.3) is 0 Å². The average molecular weight is 2060 g/mol. The number of halogens is 11. The maximum Gasteiger partial charge on any atom is 0.454 e. The second-order valence-electron chi connectivity index (χ2n) is 37.1. The highest BCUT2D eigenvalue weighted by molar-refractivity contribution is 9.11. The van der Waals surface area contributed by atoms with E-state index < -0.39 is 41.6 Å². The molecule has 0 unspecified atom stereocenters. The number of thiocarbonyl (C=S) groups is 1. The summed E-state index contributed by atoms with van der Waals surface area (Å²) in [5.74, 6) is -0.361. The van der Waals surface area contributed by atoms with Gasteiger partial charge in [-0.2, -0.15) is 5.10 Å². The lowest BCUT2D eigenvalue weighted by molar-refractivity contribution is -0.156. The van der Waals surface area contributed by atoms with Crippen LogP contribution < -0.4 is 44.3 Å². The number of hydrogen-bond acceptors (Lipinski definition) is 19. The topological polar surface area (TPSA) is 354 Å². The summed E-state index contributed by atoms with van der Waals surface area (Å²) in [7, 11) is -1.04. The molecule has 3 aliphatic heterocycles. The Morgan fingerprint density at radius 3 is 1.18 bits per heavy atom. The van der Waals surface area contributed by atoms with E-state index in [1.807, 2.05) is 27.7 Å². The first-order chi connectivity index (χ1) is 62.1. The highest BCUT2D eigenvalue weighted by atomic mass is 79.9. The summed E-state index contributed by atoms with van der Waals surface area (Å²) in [4.78, 5) is 75.4. The van der Waals surface area contributed by atoms with Crippen LogP contribution in [0.15, 0.2) is 140 Å². The Labute approximate surface area is 803 Å². The van der Waals surface area contributed by atoms with Gasteiger partial charge in [0.15, 0.2) is 5.78 Å². The summed E-state index contributed by atoms with van der Waals surface area (Å²) in [6.45, 7) is 21.5. The van der Waals surface area contributed by atoms with Crippen molar-refractivity contribution in [1.82, 2.24) is 5.43 Å². The fraction of sp³-hybridized carbons (Fsp3) is 0.430. The molecule has 0 atom stereocenters. The molecule has 0 bridgehead atoms. The molecule has 716 valence electrons. The van der Waals surface area contributed by atoms with Gasteiger partial charge in [0.1, 0.15) is 63.6 Å². The van der Waals surface area contributed by atoms with Gasteiger partial charge in [-0.25, -0.2) is 40.5 Å². The molecule has 7 aliphatic carbocycles. The number of hydrogen-bond donors (Lipinski definition) is 11. The Bertz CT molecular complexity index is 5510. The van der Waals surface area contributed by atoms with Crippen molar-refractivity contribution in [3.63, 3.8) is 0 Å². The van der Waals surface area contributed by atoms with E-state index in [-0.39, 0.29) is 81.2 Å². The highest BCUT2D eigenvalue weighted by Gasteiger charge is 2.41. The minimum atomic E-state index is -1.08. The Kier molecular flexibility index (Phi) is 38.9. The number of esters is 2. The predicted molar refractivity (Wildman–Crippen MR) is 523 cm³/mol. The molecule has 7 fully saturated rings. The number of Topliss-reactive ketones (excluding diaryl/α,β-unsaturated/α-hetero) is 3. The molecular weight excluding hydrogens is 1940 g/mol. The fourth-order valence-electron chi connectivity index (χ4n) is 14.3. The summed E-state index contributed by atoms with van der Waals surface area (Å²) in [6, 6.07) is 30.4. The second-order valence-corrected chi connectivity index (χ2v) is 40.1. The third kappa shape index (κ3) is 35.5. The number of fused-ring (bicyclic) bond motifs is 3. The lowest BCUT2D eigenvalue weighted by Gasteiger charge is -2.36. The van der Waals surface area contributed by atoms with E-state index >= 15 is 0 Å². The molecule has 33 heteroatoms. The Morgan fingerprint density at radius 2 is 0.797 bits per heavy atom. The first-order valence-electron chi connectivity index (χ1n) is 44.1. The smallest absolute Gasteiger partial charge is 0.454 e. The van der Waals surface area contributed by atoms with Gasteiger partial charge in [0.2, 0.25) is 5.91 Å². The monoisotopic (exact) mass is 2050 g/mol. The molecule has 0 spiro atoms. The number of carboxylic acids is 1. The molecule has 0 radical (unpaired) electrons. The van der Waals surface area contributed by atoms with Crippen LogP contribution in [0.3, 0.4) is 0 Å². The van der Waals surface area contributed by atoms with E-state index in [1.54, 1.807) is 67.6 Å². The number of ketones is 3. The maximum atomic E-state index is 13.8. The van der Waals surface area contributed by atoms with Crippen LogP contribution in [0.1, 0.15) is 277 Å². The molecule has 18 rings (SSSR count). The molecule has 20 nitrogen and oxygen atoms in total. The van der Waals surface area contributed by atoms with Crippen LogP contribution in [0, 0.1) is 46.5 Å². The minimum Gasteiger partial charge on any atom is -0.480 e. The van der Waals surface area contributed by atoms with Crippen molar-refractivity contribution in [2.24, 2.45) is 10.8 Å². The second kappa shape index (κ2) is 47.6. The Balaban J connectivity index is 0.000000183. The number of ether oxygens (including phenoxy) is 1. The number of nitrogen functional groups attached to an aromatic ring is 3. The third-order valence-electron chi connectivity index (χ3n) is 22.7. The number of aliphatic carboxylic acids is 1. The number of carbonyl (C=O) groups is 7. The van der Waals surface area contributed by atoms with Crippen LogP contribution in [-0.4, -0.2) is 96.2 Å². The zero-order chi connectivity index (χ0) is 98.8. The highest BCUT2D eigenvalue weighted by Crippen LogP contribution is 2.50. The first kappa shape index (κ1) is 109. The number of benzene rings is 8. The zero-order valence-electron chi connectivity index (χ0n) is 77.0. The SMILES string of the molecule is CC(=O)Cc1ccc(F)cc1Br.CC(=O)Cc1ccc(F)cc1C1CC1.CC(=O)N/N=C1\Cc2c(cc(F)cc2C2CC2)NC1(C)C.CC(=O)OC(C)=O.CC(C)(N)C(=O)O.CC1(C)Nc2cc(F)cc(C3CC3)c2CC1=O.CC1(C)Nc2cc(F)cc(C3CC3)c2CC1=S.Nc1c(Br)cc(F)cc1C1CC1.Nc1ccc(F)cc1Br.Nc1ccc(F)cc1C1CC1.OB(O)C1CC1. The van der Waals surface area contributed by atoms with Gasteiger partial charge in [-0.15, -0.1) is 0 Å². The lowest BCUT2D eigenvalue weighted by atomic mass is 9.84. The van der Waals surface area contributed by atoms with E-state index in [9.17, 15) is 68.7 Å². The van der Waals surface area contributed by atoms with Crippen molar-refractivity contribution >= 4 is 153 Å². The van der Waals surface area contributed by atoms with Gasteiger partial charge in [0, 0.05) is 105 Å². The van der Waals surface area contributed by atoms with Crippen LogP contribution >= 0.6 is 60.0 Å². The maximum absolute atomic E-state index is 13.8. The number of carboxylic acid groups (broad SMARTS) is 1. The van der Waals surface area contributed by atoms with E-state index in [1.165, 1.54) is 126 Å². The van der Waals surface area contributed by atoms with Crippen LogP contribution in [-0.2, 0) is 70.4 Å². The molecule has 8 aromatic carbocycles. The van der Waals surface area contributed by atoms with E-state index in [4.69, 9.17) is 50.3 Å². The minimum absolute atomic E-state index is 0.0716. The number of nitrogens with two attached hydrogens (primary N) is 4. The lowest BCUT2D eigenvalue weighted by Crippen LogP contribution is -2.46. The van der Waals surface area contributed by atoms with Crippen molar-refractivity contribution < 1.29 is 88.6 Å². The number of anilines is 6. The molecule has 10 aliphatic rings. The predicted octanol–water partition coefficient (Wildman–Crippen LogP) is 22.4. The van der Waals surface area contributed by atoms with Gasteiger partial charge >= 0.3 is 25.0 Å². The summed E-state index contributed by atoms with van der Waals surface area (Å²) in [5.41, 5.74) is 39.0.